The van der Waals surface area contributed by atoms with E-state index >= 15 is 0 Å². The number of carbonyl (C=O) groups is 1. The number of carbonyl (C=O) groups excluding carboxylic acids is 1. The molecule has 0 aliphatic rings. The summed E-state index contributed by atoms with van der Waals surface area (Å²) >= 11 is 5.95. The first-order chi connectivity index (χ1) is 8.99. The highest BCUT2D eigenvalue weighted by Crippen LogP contribution is 2.26. The van der Waals surface area contributed by atoms with Gasteiger partial charge in [0.05, 0.1) is 13.2 Å². The fourth-order valence-electron chi connectivity index (χ4n) is 1.98. The van der Waals surface area contributed by atoms with Crippen molar-refractivity contribution >= 4 is 17.6 Å². The second-order valence-electron chi connectivity index (χ2n) is 4.46. The van der Waals surface area contributed by atoms with Crippen LogP contribution >= 0.6 is 11.6 Å². The highest BCUT2D eigenvalue weighted by molar-refractivity contribution is 6.30. The lowest BCUT2D eigenvalue weighted by Crippen LogP contribution is -2.33. The minimum atomic E-state index is -0.714. The average molecular weight is 286 g/mol. The molecule has 0 amide bonds. The molecule has 0 saturated heterocycles. The van der Waals surface area contributed by atoms with Crippen LogP contribution in [-0.4, -0.2) is 31.3 Å². The SMILES string of the molecule is CNC(CCC(=O)OC)C(O)c1cc(Cl)ccc1C. The molecule has 19 heavy (non-hydrogen) atoms. The van der Waals surface area contributed by atoms with Gasteiger partial charge in [0.25, 0.3) is 0 Å². The van der Waals surface area contributed by atoms with Crippen LogP contribution in [0.2, 0.25) is 5.02 Å². The van der Waals surface area contributed by atoms with E-state index in [2.05, 4.69) is 10.1 Å². The van der Waals surface area contributed by atoms with E-state index < -0.39 is 6.10 Å². The first kappa shape index (κ1) is 16.0. The van der Waals surface area contributed by atoms with Crippen LogP contribution in [0.25, 0.3) is 0 Å². The maximum absolute atomic E-state index is 11.2. The molecule has 0 aliphatic heterocycles. The van der Waals surface area contributed by atoms with Gasteiger partial charge in [0.2, 0.25) is 0 Å². The van der Waals surface area contributed by atoms with Crippen molar-refractivity contribution in [1.29, 1.82) is 0 Å². The number of methoxy groups -OCH3 is 1. The van der Waals surface area contributed by atoms with Gasteiger partial charge in [-0.25, -0.2) is 0 Å². The molecule has 0 aliphatic carbocycles. The highest BCUT2D eigenvalue weighted by Gasteiger charge is 2.22. The average Bonchev–Trinajstić information content (AvgIpc) is 2.41. The third kappa shape index (κ3) is 4.49. The molecule has 2 unspecified atom stereocenters. The quantitative estimate of drug-likeness (QED) is 0.787. The summed E-state index contributed by atoms with van der Waals surface area (Å²) in [6.45, 7) is 1.92. The predicted molar refractivity (Wildman–Crippen MR) is 75.2 cm³/mol. The van der Waals surface area contributed by atoms with Crippen molar-refractivity contribution in [3.05, 3.63) is 34.3 Å². The Balaban J connectivity index is 2.80. The van der Waals surface area contributed by atoms with Gasteiger partial charge in [-0.15, -0.1) is 0 Å². The first-order valence-corrected chi connectivity index (χ1v) is 6.55. The maximum Gasteiger partial charge on any atom is 0.305 e. The number of aliphatic hydroxyl groups excluding tert-OH is 1. The van der Waals surface area contributed by atoms with E-state index in [-0.39, 0.29) is 18.4 Å². The molecule has 0 heterocycles. The Morgan fingerprint density at radius 3 is 2.79 bits per heavy atom. The van der Waals surface area contributed by atoms with Crippen molar-refractivity contribution in [3.8, 4) is 0 Å². The number of hydrogen-bond acceptors (Lipinski definition) is 4. The van der Waals surface area contributed by atoms with Crippen LogP contribution in [0.3, 0.4) is 0 Å². The van der Waals surface area contributed by atoms with Crippen LogP contribution in [0.15, 0.2) is 18.2 Å². The molecule has 4 nitrogen and oxygen atoms in total. The van der Waals surface area contributed by atoms with Gasteiger partial charge in [0.1, 0.15) is 0 Å². The number of esters is 1. The summed E-state index contributed by atoms with van der Waals surface area (Å²) in [6, 6.07) is 5.18. The third-order valence-electron chi connectivity index (χ3n) is 3.20. The number of likely N-dealkylation sites (N-methyl/N-ethyl adjacent to an activating group) is 1. The Kier molecular flexibility index (Phi) is 6.28. The molecular formula is C14H20ClNO3. The molecule has 0 bridgehead atoms. The van der Waals surface area contributed by atoms with Gasteiger partial charge in [-0.3, -0.25) is 4.79 Å². The van der Waals surface area contributed by atoms with Crippen LogP contribution in [0, 0.1) is 6.92 Å². The smallest absolute Gasteiger partial charge is 0.305 e. The minimum absolute atomic E-state index is 0.226. The molecule has 2 N–H and O–H groups in total. The lowest BCUT2D eigenvalue weighted by molar-refractivity contribution is -0.140. The van der Waals surface area contributed by atoms with Gasteiger partial charge < -0.3 is 15.2 Å². The topological polar surface area (TPSA) is 58.6 Å². The van der Waals surface area contributed by atoms with Gasteiger partial charge in [0, 0.05) is 17.5 Å². The van der Waals surface area contributed by atoms with Crippen molar-refractivity contribution < 1.29 is 14.6 Å². The summed E-state index contributed by atoms with van der Waals surface area (Å²) in [6.07, 6.45) is 0.0444. The molecule has 106 valence electrons. The fourth-order valence-corrected chi connectivity index (χ4v) is 2.16. The standard InChI is InChI=1S/C14H20ClNO3/c1-9-4-5-10(15)8-11(9)14(18)12(16-2)6-7-13(17)19-3/h4-5,8,12,14,16,18H,6-7H2,1-3H3. The summed E-state index contributed by atoms with van der Waals surface area (Å²) in [5.74, 6) is -0.282. The van der Waals surface area contributed by atoms with Gasteiger partial charge in [0.15, 0.2) is 0 Å². The molecule has 0 fully saturated rings. The Morgan fingerprint density at radius 1 is 1.53 bits per heavy atom. The number of aliphatic hydroxyl groups is 1. The summed E-state index contributed by atoms with van der Waals surface area (Å²) in [5.41, 5.74) is 1.74. The van der Waals surface area contributed by atoms with Crippen LogP contribution < -0.4 is 5.32 Å². The van der Waals surface area contributed by atoms with E-state index in [1.165, 1.54) is 7.11 Å². The van der Waals surface area contributed by atoms with E-state index in [4.69, 9.17) is 11.6 Å². The fraction of sp³-hybridized carbons (Fsp3) is 0.500. The van der Waals surface area contributed by atoms with E-state index in [1.807, 2.05) is 13.0 Å². The molecule has 0 aromatic heterocycles. The number of hydrogen-bond donors (Lipinski definition) is 2. The van der Waals surface area contributed by atoms with E-state index in [0.717, 1.165) is 11.1 Å². The normalized spacial score (nSPS) is 13.9. The number of ether oxygens (including phenoxy) is 1. The summed E-state index contributed by atoms with van der Waals surface area (Å²) in [4.78, 5) is 11.2. The predicted octanol–water partition coefficient (Wildman–Crippen LogP) is 2.22. The number of rotatable bonds is 6. The molecule has 2 atom stereocenters. The number of nitrogens with one attached hydrogen (secondary N) is 1. The molecular weight excluding hydrogens is 266 g/mol. The van der Waals surface area contributed by atoms with Crippen molar-refractivity contribution in [3.63, 3.8) is 0 Å². The van der Waals surface area contributed by atoms with Gasteiger partial charge >= 0.3 is 5.97 Å². The molecule has 0 spiro atoms. The highest BCUT2D eigenvalue weighted by atomic mass is 35.5. The molecule has 0 radical (unpaired) electrons. The van der Waals surface area contributed by atoms with Crippen LogP contribution in [0.1, 0.15) is 30.1 Å². The van der Waals surface area contributed by atoms with Crippen LogP contribution in [0.4, 0.5) is 0 Å². The third-order valence-corrected chi connectivity index (χ3v) is 3.43. The van der Waals surface area contributed by atoms with E-state index in [0.29, 0.717) is 11.4 Å². The van der Waals surface area contributed by atoms with Gasteiger partial charge in [-0.1, -0.05) is 17.7 Å². The van der Waals surface area contributed by atoms with Crippen molar-refractivity contribution in [2.45, 2.75) is 31.9 Å². The Labute approximate surface area is 118 Å². The zero-order valence-electron chi connectivity index (χ0n) is 11.4. The Hall–Kier alpha value is -1.10. The Morgan fingerprint density at radius 2 is 2.21 bits per heavy atom. The zero-order chi connectivity index (χ0) is 14.4. The molecule has 1 aromatic carbocycles. The van der Waals surface area contributed by atoms with Crippen molar-refractivity contribution in [1.82, 2.24) is 5.32 Å². The molecule has 1 aromatic rings. The maximum atomic E-state index is 11.2. The molecule has 1 rings (SSSR count). The minimum Gasteiger partial charge on any atom is -0.469 e. The van der Waals surface area contributed by atoms with E-state index in [1.54, 1.807) is 19.2 Å². The molecule has 5 heteroatoms. The van der Waals surface area contributed by atoms with Gasteiger partial charge in [-0.2, -0.15) is 0 Å². The van der Waals surface area contributed by atoms with Crippen molar-refractivity contribution in [2.24, 2.45) is 0 Å². The summed E-state index contributed by atoms with van der Waals surface area (Å²) < 4.78 is 4.60. The molecule has 0 saturated carbocycles. The second-order valence-corrected chi connectivity index (χ2v) is 4.89. The van der Waals surface area contributed by atoms with Crippen LogP contribution in [-0.2, 0) is 9.53 Å². The summed E-state index contributed by atoms with van der Waals surface area (Å²) in [5, 5.41) is 14.0. The van der Waals surface area contributed by atoms with Gasteiger partial charge in [-0.05, 0) is 43.7 Å². The first-order valence-electron chi connectivity index (χ1n) is 6.17. The number of benzene rings is 1. The largest absolute Gasteiger partial charge is 0.469 e. The van der Waals surface area contributed by atoms with E-state index in [9.17, 15) is 9.90 Å². The van der Waals surface area contributed by atoms with Crippen molar-refractivity contribution in [2.75, 3.05) is 14.2 Å². The summed E-state index contributed by atoms with van der Waals surface area (Å²) in [7, 11) is 3.11. The number of aryl methyl sites for hydroxylation is 1. The number of halogens is 1. The lowest BCUT2D eigenvalue weighted by Gasteiger charge is -2.24. The van der Waals surface area contributed by atoms with Crippen LogP contribution in [0.5, 0.6) is 0 Å². The zero-order valence-corrected chi connectivity index (χ0v) is 12.2. The monoisotopic (exact) mass is 285 g/mol. The Bertz CT molecular complexity index is 437. The second kappa shape index (κ2) is 7.48. The lowest BCUT2D eigenvalue weighted by atomic mass is 9.95.